The lowest BCUT2D eigenvalue weighted by molar-refractivity contribution is -0.111. The lowest BCUT2D eigenvalue weighted by atomic mass is 10.1. The number of nitrogens with zero attached hydrogens (tertiary/aromatic N) is 3. The fourth-order valence-corrected chi connectivity index (χ4v) is 3.62. The summed E-state index contributed by atoms with van der Waals surface area (Å²) in [5.74, 6) is 0.483. The zero-order valence-electron chi connectivity index (χ0n) is 16.9. The van der Waals surface area contributed by atoms with Gasteiger partial charge in [-0.1, -0.05) is 12.1 Å². The van der Waals surface area contributed by atoms with Gasteiger partial charge in [0.05, 0.1) is 17.6 Å². The van der Waals surface area contributed by atoms with Gasteiger partial charge in [-0.3, -0.25) is 14.7 Å². The molecule has 3 heterocycles. The largest absolute Gasteiger partial charge is 0.465 e. The van der Waals surface area contributed by atoms with Crippen LogP contribution in [-0.2, 0) is 11.2 Å². The Balaban J connectivity index is 1.32. The van der Waals surface area contributed by atoms with Crippen molar-refractivity contribution in [3.8, 4) is 0 Å². The van der Waals surface area contributed by atoms with Gasteiger partial charge in [-0.05, 0) is 54.5 Å². The first kappa shape index (κ1) is 19.9. The van der Waals surface area contributed by atoms with E-state index in [1.54, 1.807) is 18.4 Å². The van der Waals surface area contributed by atoms with E-state index in [0.29, 0.717) is 5.76 Å². The van der Waals surface area contributed by atoms with E-state index in [0.717, 1.165) is 50.5 Å². The van der Waals surface area contributed by atoms with Crippen LogP contribution in [0.25, 0.3) is 6.08 Å². The highest BCUT2D eigenvalue weighted by Gasteiger charge is 2.19. The third kappa shape index (κ3) is 5.36. The number of benzene rings is 1. The first-order chi connectivity index (χ1) is 14.8. The number of anilines is 2. The molecule has 1 aliphatic heterocycles. The number of rotatable bonds is 7. The summed E-state index contributed by atoms with van der Waals surface area (Å²) in [7, 11) is 0. The summed E-state index contributed by atoms with van der Waals surface area (Å²) in [6.45, 7) is 4.93. The van der Waals surface area contributed by atoms with Crippen LogP contribution in [0.15, 0.2) is 77.7 Å². The number of aromatic nitrogens is 1. The monoisotopic (exact) mass is 402 g/mol. The molecule has 6 heteroatoms. The van der Waals surface area contributed by atoms with Crippen molar-refractivity contribution in [3.05, 3.63) is 84.6 Å². The Morgan fingerprint density at radius 1 is 1.03 bits per heavy atom. The normalized spacial score (nSPS) is 14.9. The van der Waals surface area contributed by atoms with Crippen LogP contribution in [0.1, 0.15) is 11.3 Å². The van der Waals surface area contributed by atoms with Crippen molar-refractivity contribution < 1.29 is 9.21 Å². The summed E-state index contributed by atoms with van der Waals surface area (Å²) in [4.78, 5) is 21.3. The number of furan rings is 1. The Labute approximate surface area is 176 Å². The van der Waals surface area contributed by atoms with Crippen molar-refractivity contribution in [3.63, 3.8) is 0 Å². The number of carbonyl (C=O) groups is 1. The molecule has 0 bridgehead atoms. The van der Waals surface area contributed by atoms with Crippen LogP contribution < -0.4 is 10.2 Å². The average Bonchev–Trinajstić information content (AvgIpc) is 3.32. The van der Waals surface area contributed by atoms with Crippen LogP contribution in [0.2, 0.25) is 0 Å². The number of para-hydroxylation sites is 2. The number of pyridine rings is 1. The van der Waals surface area contributed by atoms with Gasteiger partial charge in [-0.25, -0.2) is 0 Å². The Kier molecular flexibility index (Phi) is 6.57. The molecule has 1 saturated heterocycles. The molecule has 1 fully saturated rings. The topological polar surface area (TPSA) is 61.6 Å². The molecule has 0 aliphatic carbocycles. The van der Waals surface area contributed by atoms with Crippen LogP contribution in [0, 0.1) is 0 Å². The SMILES string of the molecule is O=C(/C=C/c1ccco1)Nc1ccccc1N1CCN(CCc2ccncc2)CC1. The predicted octanol–water partition coefficient (Wildman–Crippen LogP) is 3.69. The fourth-order valence-electron chi connectivity index (χ4n) is 3.62. The summed E-state index contributed by atoms with van der Waals surface area (Å²) in [5, 5.41) is 3.00. The molecule has 30 heavy (non-hydrogen) atoms. The van der Waals surface area contributed by atoms with Crippen LogP contribution in [0.5, 0.6) is 0 Å². The Bertz CT molecular complexity index is 962. The van der Waals surface area contributed by atoms with Gasteiger partial charge in [-0.2, -0.15) is 0 Å². The number of piperazine rings is 1. The van der Waals surface area contributed by atoms with E-state index >= 15 is 0 Å². The zero-order chi connectivity index (χ0) is 20.6. The van der Waals surface area contributed by atoms with Crippen LogP contribution in [0.3, 0.4) is 0 Å². The van der Waals surface area contributed by atoms with Crippen LogP contribution >= 0.6 is 0 Å². The third-order valence-corrected chi connectivity index (χ3v) is 5.28. The average molecular weight is 402 g/mol. The van der Waals surface area contributed by atoms with E-state index < -0.39 is 0 Å². The molecule has 154 valence electrons. The van der Waals surface area contributed by atoms with E-state index in [4.69, 9.17) is 4.42 Å². The zero-order valence-corrected chi connectivity index (χ0v) is 16.9. The van der Waals surface area contributed by atoms with Gasteiger partial charge in [0.15, 0.2) is 0 Å². The second-order valence-electron chi connectivity index (χ2n) is 7.29. The minimum Gasteiger partial charge on any atom is -0.465 e. The number of carbonyl (C=O) groups excluding carboxylic acids is 1. The second-order valence-corrected chi connectivity index (χ2v) is 7.29. The maximum absolute atomic E-state index is 12.3. The standard InChI is InChI=1S/C24H26N4O2/c29-24(8-7-21-4-3-19-30-21)26-22-5-1-2-6-23(22)28-17-15-27(16-18-28)14-11-20-9-12-25-13-10-20/h1-10,12-13,19H,11,14-18H2,(H,26,29)/b8-7+. The molecule has 1 N–H and O–H groups in total. The molecule has 0 unspecified atom stereocenters. The highest BCUT2D eigenvalue weighted by Crippen LogP contribution is 2.26. The molecule has 1 amide bonds. The molecule has 3 aromatic rings. The number of hydrogen-bond donors (Lipinski definition) is 1. The number of nitrogens with one attached hydrogen (secondary N) is 1. The minimum absolute atomic E-state index is 0.171. The van der Waals surface area contributed by atoms with Gasteiger partial charge in [0.1, 0.15) is 5.76 Å². The van der Waals surface area contributed by atoms with E-state index in [1.165, 1.54) is 11.6 Å². The predicted molar refractivity (Wildman–Crippen MR) is 119 cm³/mol. The van der Waals surface area contributed by atoms with Gasteiger partial charge in [0, 0.05) is 51.2 Å². The summed E-state index contributed by atoms with van der Waals surface area (Å²) >= 11 is 0. The van der Waals surface area contributed by atoms with Crippen molar-refractivity contribution in [1.29, 1.82) is 0 Å². The van der Waals surface area contributed by atoms with Crippen LogP contribution in [0.4, 0.5) is 11.4 Å². The molecule has 4 rings (SSSR count). The van der Waals surface area contributed by atoms with Gasteiger partial charge in [0.2, 0.25) is 5.91 Å². The lowest BCUT2D eigenvalue weighted by Crippen LogP contribution is -2.47. The van der Waals surface area contributed by atoms with E-state index in [2.05, 4.69) is 38.3 Å². The maximum atomic E-state index is 12.3. The molecule has 1 aromatic carbocycles. The summed E-state index contributed by atoms with van der Waals surface area (Å²) < 4.78 is 5.23. The minimum atomic E-state index is -0.171. The van der Waals surface area contributed by atoms with E-state index in [-0.39, 0.29) is 5.91 Å². The number of amides is 1. The van der Waals surface area contributed by atoms with Gasteiger partial charge in [-0.15, -0.1) is 0 Å². The number of hydrogen-bond acceptors (Lipinski definition) is 5. The Morgan fingerprint density at radius 3 is 2.60 bits per heavy atom. The first-order valence-electron chi connectivity index (χ1n) is 10.3. The summed E-state index contributed by atoms with van der Waals surface area (Å²) in [5.41, 5.74) is 3.21. The van der Waals surface area contributed by atoms with Crippen molar-refractivity contribution in [2.24, 2.45) is 0 Å². The smallest absolute Gasteiger partial charge is 0.248 e. The molecule has 0 radical (unpaired) electrons. The van der Waals surface area contributed by atoms with E-state index in [1.807, 2.05) is 36.7 Å². The van der Waals surface area contributed by atoms with Crippen LogP contribution in [-0.4, -0.2) is 48.5 Å². The quantitative estimate of drug-likeness (QED) is 0.611. The Morgan fingerprint density at radius 2 is 1.83 bits per heavy atom. The van der Waals surface area contributed by atoms with E-state index in [9.17, 15) is 4.79 Å². The van der Waals surface area contributed by atoms with Crippen molar-refractivity contribution in [2.75, 3.05) is 42.9 Å². The van der Waals surface area contributed by atoms with Gasteiger partial charge < -0.3 is 14.6 Å². The molecule has 0 spiro atoms. The molecular formula is C24H26N4O2. The second kappa shape index (κ2) is 9.89. The molecule has 1 aliphatic rings. The highest BCUT2D eigenvalue weighted by atomic mass is 16.3. The highest BCUT2D eigenvalue weighted by molar-refractivity contribution is 6.03. The van der Waals surface area contributed by atoms with Gasteiger partial charge >= 0.3 is 0 Å². The maximum Gasteiger partial charge on any atom is 0.248 e. The van der Waals surface area contributed by atoms with Crippen molar-refractivity contribution in [1.82, 2.24) is 9.88 Å². The molecular weight excluding hydrogens is 376 g/mol. The fraction of sp³-hybridized carbons (Fsp3) is 0.250. The van der Waals surface area contributed by atoms with Crippen molar-refractivity contribution >= 4 is 23.4 Å². The first-order valence-corrected chi connectivity index (χ1v) is 10.3. The van der Waals surface area contributed by atoms with Crippen molar-refractivity contribution in [2.45, 2.75) is 6.42 Å². The Hall–Kier alpha value is -3.38. The summed E-state index contributed by atoms with van der Waals surface area (Å²) in [6.07, 6.45) is 9.48. The molecule has 0 saturated carbocycles. The summed E-state index contributed by atoms with van der Waals surface area (Å²) in [6, 6.07) is 15.7. The van der Waals surface area contributed by atoms with Gasteiger partial charge in [0.25, 0.3) is 0 Å². The molecule has 2 aromatic heterocycles. The third-order valence-electron chi connectivity index (χ3n) is 5.28. The molecule has 0 atom stereocenters. The molecule has 6 nitrogen and oxygen atoms in total. The lowest BCUT2D eigenvalue weighted by Gasteiger charge is -2.37.